The molecule has 1 atom stereocenters. The first-order valence-electron chi connectivity index (χ1n) is 9.00. The van der Waals surface area contributed by atoms with Crippen molar-refractivity contribution < 1.29 is 14.3 Å². The van der Waals surface area contributed by atoms with E-state index < -0.39 is 12.0 Å². The molecule has 2 amide bonds. The van der Waals surface area contributed by atoms with Gasteiger partial charge in [0, 0.05) is 4.88 Å². The van der Waals surface area contributed by atoms with Crippen molar-refractivity contribution in [3.05, 3.63) is 45.8 Å². The molecular formula is C20H24N2O3S. The molecule has 138 valence electrons. The van der Waals surface area contributed by atoms with Crippen LogP contribution in [0.15, 0.2) is 24.3 Å². The van der Waals surface area contributed by atoms with E-state index in [4.69, 9.17) is 10.5 Å². The van der Waals surface area contributed by atoms with Gasteiger partial charge in [0.2, 0.25) is 0 Å². The van der Waals surface area contributed by atoms with Gasteiger partial charge in [-0.1, -0.05) is 19.1 Å². The van der Waals surface area contributed by atoms with Gasteiger partial charge in [0.25, 0.3) is 11.8 Å². The normalized spacial score (nSPS) is 14.4. The number of carbonyl (C=O) groups excluding carboxylic acids is 2. The van der Waals surface area contributed by atoms with Gasteiger partial charge in [-0.25, -0.2) is 0 Å². The van der Waals surface area contributed by atoms with E-state index in [0.29, 0.717) is 16.3 Å². The minimum atomic E-state index is -0.678. The van der Waals surface area contributed by atoms with E-state index in [2.05, 4.69) is 12.2 Å². The molecule has 0 saturated carbocycles. The SMILES string of the molecule is CCc1ccc(OC(C)C(=O)Nc2sc3c(c2C(N)=O)CCCC3)cc1. The molecule has 1 aromatic carbocycles. The van der Waals surface area contributed by atoms with E-state index in [9.17, 15) is 9.59 Å². The third kappa shape index (κ3) is 3.90. The summed E-state index contributed by atoms with van der Waals surface area (Å²) in [7, 11) is 0. The minimum absolute atomic E-state index is 0.286. The standard InChI is InChI=1S/C20H24N2O3S/c1-3-13-8-10-14(11-9-13)25-12(2)19(24)22-20-17(18(21)23)15-6-4-5-7-16(15)26-20/h8-12H,3-7H2,1-2H3,(H2,21,23)(H,22,24). The van der Waals surface area contributed by atoms with Crippen LogP contribution in [0.1, 0.15) is 53.1 Å². The lowest BCUT2D eigenvalue weighted by Crippen LogP contribution is -2.30. The Morgan fingerprint density at radius 1 is 1.23 bits per heavy atom. The van der Waals surface area contributed by atoms with E-state index >= 15 is 0 Å². The Balaban J connectivity index is 1.72. The molecule has 0 bridgehead atoms. The lowest BCUT2D eigenvalue weighted by Gasteiger charge is -2.15. The first-order valence-corrected chi connectivity index (χ1v) is 9.82. The van der Waals surface area contributed by atoms with E-state index in [0.717, 1.165) is 42.5 Å². The maximum atomic E-state index is 12.5. The second-order valence-electron chi connectivity index (χ2n) is 6.53. The fourth-order valence-corrected chi connectivity index (χ4v) is 4.49. The highest BCUT2D eigenvalue weighted by molar-refractivity contribution is 7.17. The van der Waals surface area contributed by atoms with E-state index in [1.807, 2.05) is 24.3 Å². The number of thiophene rings is 1. The molecule has 1 unspecified atom stereocenters. The molecule has 1 heterocycles. The first kappa shape index (κ1) is 18.5. The zero-order valence-corrected chi connectivity index (χ0v) is 15.9. The van der Waals surface area contributed by atoms with Crippen molar-refractivity contribution >= 4 is 28.2 Å². The average Bonchev–Trinajstić information content (AvgIpc) is 3.00. The first-order chi connectivity index (χ1) is 12.5. The zero-order valence-electron chi connectivity index (χ0n) is 15.1. The van der Waals surface area contributed by atoms with Gasteiger partial charge in [-0.05, 0) is 62.3 Å². The van der Waals surface area contributed by atoms with Crippen LogP contribution < -0.4 is 15.8 Å². The second kappa shape index (κ2) is 7.91. The predicted octanol–water partition coefficient (Wildman–Crippen LogP) is 3.69. The number of hydrogen-bond donors (Lipinski definition) is 2. The summed E-state index contributed by atoms with van der Waals surface area (Å²) < 4.78 is 5.73. The summed E-state index contributed by atoms with van der Waals surface area (Å²) in [5.41, 5.74) is 8.26. The van der Waals surface area contributed by atoms with E-state index in [1.165, 1.54) is 16.9 Å². The number of nitrogens with one attached hydrogen (secondary N) is 1. The Morgan fingerprint density at radius 2 is 1.92 bits per heavy atom. The van der Waals surface area contributed by atoms with Crippen molar-refractivity contribution in [2.45, 2.75) is 52.1 Å². The molecule has 0 aliphatic heterocycles. The van der Waals surface area contributed by atoms with Crippen LogP contribution in [0.3, 0.4) is 0 Å². The highest BCUT2D eigenvalue weighted by atomic mass is 32.1. The van der Waals surface area contributed by atoms with Crippen LogP contribution in [0.4, 0.5) is 5.00 Å². The molecule has 0 spiro atoms. The molecular weight excluding hydrogens is 348 g/mol. The minimum Gasteiger partial charge on any atom is -0.481 e. The van der Waals surface area contributed by atoms with Gasteiger partial charge in [0.15, 0.2) is 6.10 Å². The van der Waals surface area contributed by atoms with Crippen LogP contribution in [0.2, 0.25) is 0 Å². The Kier molecular flexibility index (Phi) is 5.61. The molecule has 1 aliphatic rings. The number of hydrogen-bond acceptors (Lipinski definition) is 4. The summed E-state index contributed by atoms with van der Waals surface area (Å²) in [6.45, 7) is 3.78. The van der Waals surface area contributed by atoms with Crippen LogP contribution in [-0.2, 0) is 24.1 Å². The van der Waals surface area contributed by atoms with Crippen LogP contribution >= 0.6 is 11.3 Å². The van der Waals surface area contributed by atoms with E-state index in [-0.39, 0.29) is 5.91 Å². The summed E-state index contributed by atoms with van der Waals surface area (Å²) in [6.07, 6.45) is 4.20. The highest BCUT2D eigenvalue weighted by Gasteiger charge is 2.26. The van der Waals surface area contributed by atoms with E-state index in [1.54, 1.807) is 6.92 Å². The van der Waals surface area contributed by atoms with Gasteiger partial charge in [-0.2, -0.15) is 0 Å². The Labute approximate surface area is 157 Å². The average molecular weight is 372 g/mol. The van der Waals surface area contributed by atoms with Crippen molar-refractivity contribution in [2.24, 2.45) is 5.73 Å². The van der Waals surface area contributed by atoms with Gasteiger partial charge in [-0.15, -0.1) is 11.3 Å². The van der Waals surface area contributed by atoms with Crippen LogP contribution in [0.5, 0.6) is 5.75 Å². The molecule has 2 aromatic rings. The highest BCUT2D eigenvalue weighted by Crippen LogP contribution is 2.38. The Hall–Kier alpha value is -2.34. The molecule has 0 radical (unpaired) electrons. The fourth-order valence-electron chi connectivity index (χ4n) is 3.19. The molecule has 0 saturated heterocycles. The maximum Gasteiger partial charge on any atom is 0.265 e. The zero-order chi connectivity index (χ0) is 18.7. The lowest BCUT2D eigenvalue weighted by atomic mass is 9.95. The quantitative estimate of drug-likeness (QED) is 0.811. The lowest BCUT2D eigenvalue weighted by molar-refractivity contribution is -0.122. The maximum absolute atomic E-state index is 12.5. The van der Waals surface area contributed by atoms with Crippen molar-refractivity contribution in [1.29, 1.82) is 0 Å². The van der Waals surface area contributed by atoms with Crippen molar-refractivity contribution in [2.75, 3.05) is 5.32 Å². The van der Waals surface area contributed by atoms with Gasteiger partial charge >= 0.3 is 0 Å². The number of benzene rings is 1. The monoisotopic (exact) mass is 372 g/mol. The fraction of sp³-hybridized carbons (Fsp3) is 0.400. The molecule has 6 heteroatoms. The van der Waals surface area contributed by atoms with Crippen molar-refractivity contribution in [3.8, 4) is 5.75 Å². The number of carbonyl (C=O) groups is 2. The Bertz CT molecular complexity index is 811. The van der Waals surface area contributed by atoms with Crippen molar-refractivity contribution in [3.63, 3.8) is 0 Å². The number of aryl methyl sites for hydroxylation is 2. The molecule has 0 fully saturated rings. The number of rotatable bonds is 6. The Morgan fingerprint density at radius 3 is 2.58 bits per heavy atom. The largest absolute Gasteiger partial charge is 0.481 e. The summed E-state index contributed by atoms with van der Waals surface area (Å²) in [4.78, 5) is 25.6. The molecule has 3 N–H and O–H groups in total. The number of primary amides is 1. The molecule has 5 nitrogen and oxygen atoms in total. The molecule has 3 rings (SSSR count). The smallest absolute Gasteiger partial charge is 0.265 e. The molecule has 1 aliphatic carbocycles. The van der Waals surface area contributed by atoms with Gasteiger partial charge in [-0.3, -0.25) is 9.59 Å². The van der Waals surface area contributed by atoms with Crippen LogP contribution in [0, 0.1) is 0 Å². The van der Waals surface area contributed by atoms with Crippen LogP contribution in [0.25, 0.3) is 0 Å². The van der Waals surface area contributed by atoms with Gasteiger partial charge < -0.3 is 15.8 Å². The number of fused-ring (bicyclic) bond motifs is 1. The molecule has 26 heavy (non-hydrogen) atoms. The molecule has 1 aromatic heterocycles. The number of amides is 2. The number of anilines is 1. The summed E-state index contributed by atoms with van der Waals surface area (Å²) >= 11 is 1.46. The van der Waals surface area contributed by atoms with Gasteiger partial charge in [0.1, 0.15) is 10.8 Å². The second-order valence-corrected chi connectivity index (χ2v) is 7.63. The van der Waals surface area contributed by atoms with Crippen molar-refractivity contribution in [1.82, 2.24) is 0 Å². The third-order valence-corrected chi connectivity index (χ3v) is 5.88. The predicted molar refractivity (Wildman–Crippen MR) is 104 cm³/mol. The summed E-state index contributed by atoms with van der Waals surface area (Å²) in [5.74, 6) is -0.125. The number of nitrogens with two attached hydrogens (primary N) is 1. The van der Waals surface area contributed by atoms with Gasteiger partial charge in [0.05, 0.1) is 5.56 Å². The summed E-state index contributed by atoms with van der Waals surface area (Å²) in [6, 6.07) is 7.69. The topological polar surface area (TPSA) is 81.4 Å². The summed E-state index contributed by atoms with van der Waals surface area (Å²) in [5, 5.41) is 3.39. The number of ether oxygens (including phenoxy) is 1. The third-order valence-electron chi connectivity index (χ3n) is 4.67. The van der Waals surface area contributed by atoms with Crippen LogP contribution in [-0.4, -0.2) is 17.9 Å².